The van der Waals surface area contributed by atoms with Crippen molar-refractivity contribution in [2.45, 2.75) is 52.9 Å². The molecule has 3 aromatic heterocycles. The van der Waals surface area contributed by atoms with E-state index in [1.165, 1.54) is 11.1 Å². The molecule has 0 saturated carbocycles. The zero-order valence-corrected chi connectivity index (χ0v) is 50.7. The fourth-order valence-electron chi connectivity index (χ4n) is 11.9. The van der Waals surface area contributed by atoms with Crippen molar-refractivity contribution in [3.63, 3.8) is 0 Å². The molecule has 10 aromatic carbocycles. The number of aromatic nitrogens is 4. The molecule has 85 heavy (non-hydrogen) atoms. The molecule has 0 fully saturated rings. The van der Waals surface area contributed by atoms with Crippen molar-refractivity contribution in [1.29, 1.82) is 0 Å². The number of imidazole rings is 1. The summed E-state index contributed by atoms with van der Waals surface area (Å²) in [4.78, 5) is 15.4. The van der Waals surface area contributed by atoms with Crippen LogP contribution >= 0.6 is 0 Å². The number of aromatic hydroxyl groups is 1. The van der Waals surface area contributed by atoms with Crippen LogP contribution < -0.4 is 0 Å². The first-order chi connectivity index (χ1) is 41.3. The van der Waals surface area contributed by atoms with E-state index in [0.717, 1.165) is 112 Å². The summed E-state index contributed by atoms with van der Waals surface area (Å²) >= 11 is 0. The average Bonchev–Trinajstić information content (AvgIpc) is 1.89. The Balaban J connectivity index is 0.00000724. The molecule has 0 radical (unpaired) electrons. The molecule has 0 bridgehead atoms. The summed E-state index contributed by atoms with van der Waals surface area (Å²) in [7, 11) is 0. The van der Waals surface area contributed by atoms with Crippen molar-refractivity contribution in [3.8, 4) is 112 Å². The number of hydrogen-bond donors (Lipinski definition) is 1. The monoisotopic (exact) mass is 1280 g/mol. The number of phenols is 1. The van der Waals surface area contributed by atoms with Gasteiger partial charge >= 0.3 is 0 Å². The van der Waals surface area contributed by atoms with Crippen molar-refractivity contribution < 1.29 is 27.5 Å². The van der Waals surface area contributed by atoms with Gasteiger partial charge in [0.25, 0.3) is 0 Å². The maximum atomic E-state index is 13.1. The van der Waals surface area contributed by atoms with Crippen molar-refractivity contribution >= 4 is 11.0 Å². The number of hydrogen-bond acceptors (Lipinski definition) is 4. The van der Waals surface area contributed by atoms with Gasteiger partial charge in [0, 0.05) is 67.8 Å². The van der Waals surface area contributed by atoms with Crippen LogP contribution in [0.2, 0.25) is 0 Å². The van der Waals surface area contributed by atoms with Crippen LogP contribution in [0.3, 0.4) is 0 Å². The minimum atomic E-state index is -0.985. The largest absolute Gasteiger partial charge is 0.507 e. The fourth-order valence-corrected chi connectivity index (χ4v) is 11.9. The molecule has 0 aliphatic heterocycles. The van der Waals surface area contributed by atoms with Gasteiger partial charge in [-0.3, -0.25) is 14.5 Å². The molecular formula is C79H63N4OPt-. The summed E-state index contributed by atoms with van der Waals surface area (Å²) in [5.41, 5.74) is 23.1. The second-order valence-corrected chi connectivity index (χ2v) is 22.5. The predicted octanol–water partition coefficient (Wildman–Crippen LogP) is 20.4. The van der Waals surface area contributed by atoms with Gasteiger partial charge in [-0.2, -0.15) is 0 Å². The third-order valence-corrected chi connectivity index (χ3v) is 16.4. The van der Waals surface area contributed by atoms with Crippen LogP contribution in [0.5, 0.6) is 5.75 Å². The van der Waals surface area contributed by atoms with Crippen LogP contribution in [0.25, 0.3) is 117 Å². The van der Waals surface area contributed by atoms with Gasteiger partial charge in [-0.25, -0.2) is 4.98 Å². The summed E-state index contributed by atoms with van der Waals surface area (Å²) in [6.45, 7) is 12.5. The van der Waals surface area contributed by atoms with Gasteiger partial charge in [-0.05, 0) is 123 Å². The van der Waals surface area contributed by atoms with E-state index in [2.05, 4.69) is 250 Å². The Labute approximate surface area is 514 Å². The third kappa shape index (κ3) is 10.9. The van der Waals surface area contributed by atoms with Crippen molar-refractivity contribution in [3.05, 3.63) is 295 Å². The second kappa shape index (κ2) is 23.6. The van der Waals surface area contributed by atoms with Gasteiger partial charge < -0.3 is 5.11 Å². The van der Waals surface area contributed by atoms with E-state index >= 15 is 0 Å². The number of benzene rings is 10. The van der Waals surface area contributed by atoms with Crippen LogP contribution in [0.15, 0.2) is 261 Å². The molecular weight excluding hydrogens is 1220 g/mol. The molecule has 416 valence electrons. The first-order valence-electron chi connectivity index (χ1n) is 29.2. The van der Waals surface area contributed by atoms with E-state index < -0.39 is 5.89 Å². The molecule has 6 heteroatoms. The van der Waals surface area contributed by atoms with Gasteiger partial charge in [-0.15, -0.1) is 29.3 Å². The fraction of sp³-hybridized carbons (Fsp3) is 0.101. The Morgan fingerprint density at radius 3 is 1.56 bits per heavy atom. The van der Waals surface area contributed by atoms with Gasteiger partial charge in [0.2, 0.25) is 0 Å². The van der Waals surface area contributed by atoms with E-state index in [4.69, 9.17) is 9.97 Å². The van der Waals surface area contributed by atoms with Crippen molar-refractivity contribution in [2.24, 2.45) is 0 Å². The van der Waals surface area contributed by atoms with Gasteiger partial charge in [0.15, 0.2) is 0 Å². The van der Waals surface area contributed by atoms with Gasteiger partial charge in [0.05, 0.1) is 22.3 Å². The first kappa shape index (κ1) is 54.7. The van der Waals surface area contributed by atoms with E-state index in [1.54, 1.807) is 0 Å². The molecule has 0 unspecified atom stereocenters. The number of fused-ring (bicyclic) bond motifs is 1. The van der Waals surface area contributed by atoms with Crippen LogP contribution in [-0.4, -0.2) is 24.6 Å². The van der Waals surface area contributed by atoms with E-state index in [0.29, 0.717) is 22.5 Å². The quantitative estimate of drug-likeness (QED) is 0.117. The Morgan fingerprint density at radius 2 is 0.953 bits per heavy atom. The number of phenolic OH excluding ortho intramolecular Hbond substituents is 1. The van der Waals surface area contributed by atoms with Crippen LogP contribution in [-0.2, 0) is 26.5 Å². The zero-order chi connectivity index (χ0) is 58.4. The molecule has 5 nitrogen and oxygen atoms in total. The summed E-state index contributed by atoms with van der Waals surface area (Å²) in [6, 6.07) is 92.5. The second-order valence-electron chi connectivity index (χ2n) is 22.5. The Kier molecular flexibility index (Phi) is 15.2. The van der Waals surface area contributed by atoms with Crippen molar-refractivity contribution in [1.82, 2.24) is 19.5 Å². The SMILES string of the molecule is [2H]C(C)(C)c1cc(-c2cc(-c3ccc(C(C)(C)c4cc(C)nc(C)c4)cc3)ccn2)[c-]c(-c2cccc3c2nc(-c2cccc(-c4ccccc4-c4ccccc4)c2O)n3-c2c(-c3ccccc3)cc(-c3ccccc3)cc2-c2ccccc2)c1.[Pt]. The third-order valence-electron chi connectivity index (χ3n) is 16.4. The minimum absolute atomic E-state index is 0. The van der Waals surface area contributed by atoms with E-state index in [-0.39, 0.29) is 32.2 Å². The number of pyridine rings is 2. The van der Waals surface area contributed by atoms with Gasteiger partial charge in [0.1, 0.15) is 11.6 Å². The molecule has 3 heterocycles. The standard InChI is InChI=1S/C79H63N4O.Pt/c1-51(2)60-45-62(47-63(46-60)73-50-59(41-42-80-73)55-37-39-64(40-38-55)79(5,6)65-43-52(3)81-53(4)44-65)67-33-22-36-74-75(67)82-78(70-35-21-34-69(77(70)84)68-32-20-19-31-66(68)56-25-13-8-14-26-56)83(74)76-71(57-27-15-9-16-28-57)48-61(54-23-11-7-12-24-54)49-72(76)58-29-17-10-18-30-58;/h7-46,48-51,84H,1-6H3;/q-1;/i51D;. The van der Waals surface area contributed by atoms with Crippen LogP contribution in [0, 0.1) is 19.9 Å². The summed E-state index contributed by atoms with van der Waals surface area (Å²) in [5.74, 6) is -0.309. The predicted molar refractivity (Wildman–Crippen MR) is 348 cm³/mol. The number of rotatable bonds is 13. The molecule has 1 N–H and O–H groups in total. The molecule has 0 aliphatic carbocycles. The molecule has 0 saturated heterocycles. The summed E-state index contributed by atoms with van der Waals surface area (Å²) < 4.78 is 11.8. The van der Waals surface area contributed by atoms with Gasteiger partial charge in [-0.1, -0.05) is 239 Å². The Bertz CT molecular complexity index is 4530. The molecule has 0 spiro atoms. The number of para-hydroxylation sites is 2. The zero-order valence-electron chi connectivity index (χ0n) is 49.4. The van der Waals surface area contributed by atoms with E-state index in [9.17, 15) is 6.48 Å². The first-order valence-corrected chi connectivity index (χ1v) is 28.7. The molecule has 0 aliphatic rings. The van der Waals surface area contributed by atoms with Crippen LogP contribution in [0.1, 0.15) is 63.0 Å². The smallest absolute Gasteiger partial charge is 0.148 e. The summed E-state index contributed by atoms with van der Waals surface area (Å²) in [5, 5.41) is 13.1. The summed E-state index contributed by atoms with van der Waals surface area (Å²) in [6.07, 6.45) is 1.86. The average molecular weight is 1280 g/mol. The maximum Gasteiger partial charge on any atom is 0.148 e. The topological polar surface area (TPSA) is 63.8 Å². The maximum absolute atomic E-state index is 13.1. The van der Waals surface area contributed by atoms with E-state index in [1.807, 2.05) is 68.6 Å². The Hall–Kier alpha value is -9.54. The minimum Gasteiger partial charge on any atom is -0.507 e. The Morgan fingerprint density at radius 1 is 0.447 bits per heavy atom. The number of nitrogens with zero attached hydrogens (tertiary/aromatic N) is 4. The van der Waals surface area contributed by atoms with Crippen molar-refractivity contribution in [2.75, 3.05) is 0 Å². The molecule has 13 aromatic rings. The molecule has 0 atom stereocenters. The normalized spacial score (nSPS) is 11.8. The molecule has 0 amide bonds. The number of aryl methyl sites for hydroxylation is 2. The molecule has 13 rings (SSSR count). The van der Waals surface area contributed by atoms with Crippen LogP contribution in [0.4, 0.5) is 0 Å².